The number of rotatable bonds is 10. The largest absolute Gasteiger partial charge is 0.494 e. The van der Waals surface area contributed by atoms with E-state index in [4.69, 9.17) is 9.72 Å². The fraction of sp³-hybridized carbons (Fsp3) is 0.344. The predicted octanol–water partition coefficient (Wildman–Crippen LogP) is 5.70. The Morgan fingerprint density at radius 1 is 1.10 bits per heavy atom. The number of ether oxygens (including phenoxy) is 1. The van der Waals surface area contributed by atoms with Crippen molar-refractivity contribution in [2.75, 3.05) is 56.9 Å². The van der Waals surface area contributed by atoms with E-state index in [0.29, 0.717) is 28.6 Å². The van der Waals surface area contributed by atoms with E-state index in [1.807, 2.05) is 39.3 Å². The zero-order valence-corrected chi connectivity index (χ0v) is 24.6. The third-order valence-electron chi connectivity index (χ3n) is 7.53. The van der Waals surface area contributed by atoms with Gasteiger partial charge in [0.2, 0.25) is 5.95 Å². The van der Waals surface area contributed by atoms with E-state index in [1.54, 1.807) is 20.2 Å². The van der Waals surface area contributed by atoms with Crippen molar-refractivity contribution in [2.45, 2.75) is 32.7 Å². The Labute approximate surface area is 241 Å². The van der Waals surface area contributed by atoms with Gasteiger partial charge in [0.15, 0.2) is 0 Å². The number of methoxy groups -OCH3 is 1. The number of hydrogen-bond acceptors (Lipinski definition) is 7. The number of carbonyl (C=O) groups is 1. The highest BCUT2D eigenvalue weighted by molar-refractivity contribution is 6.05. The Balaban J connectivity index is 1.53. The number of nitrogens with zero attached hydrogens (tertiary/aromatic N) is 5. The Morgan fingerprint density at radius 3 is 2.66 bits per heavy atom. The average Bonchev–Trinajstić information content (AvgIpc) is 3.30. The van der Waals surface area contributed by atoms with Crippen molar-refractivity contribution in [3.05, 3.63) is 66.5 Å². The topological polar surface area (TPSA) is 87.5 Å². The quantitative estimate of drug-likeness (QED) is 0.244. The highest BCUT2D eigenvalue weighted by atomic mass is 16.5. The molecule has 0 spiro atoms. The molecule has 2 aromatic heterocycles. The van der Waals surface area contributed by atoms with Gasteiger partial charge in [-0.15, -0.1) is 0 Å². The smallest absolute Gasteiger partial charge is 0.250 e. The number of hydrogen-bond donors (Lipinski definition) is 2. The lowest BCUT2D eigenvalue weighted by Gasteiger charge is -2.26. The number of aryl methyl sites for hydroxylation is 1. The molecule has 0 bridgehead atoms. The zero-order valence-electron chi connectivity index (χ0n) is 24.6. The molecule has 5 rings (SSSR count). The minimum atomic E-state index is -0.244. The zero-order chi connectivity index (χ0) is 29.1. The molecule has 9 nitrogen and oxygen atoms in total. The molecule has 9 heteroatoms. The standard InChI is InChI=1S/C32H39N7O2/c1-21(2)31(40)34-24-19-25(29(41-6)20-28(24)38(5)18-17-37(3)4)36-32-33-15-14-23(35-32)30-22-11-7-8-12-26(22)39-16-10-9-13-27(30)39/h7-8,11-12,14-15,19-20H,1,9-10,13,16-18H2,2-6H3,(H,34,40)(H,33,35,36). The fourth-order valence-corrected chi connectivity index (χ4v) is 5.35. The molecule has 3 heterocycles. The molecule has 2 N–H and O–H groups in total. The third-order valence-corrected chi connectivity index (χ3v) is 7.53. The maximum absolute atomic E-state index is 12.7. The van der Waals surface area contributed by atoms with Crippen LogP contribution in [0.5, 0.6) is 5.75 Å². The molecule has 0 saturated heterocycles. The van der Waals surface area contributed by atoms with Gasteiger partial charge in [-0.2, -0.15) is 0 Å². The van der Waals surface area contributed by atoms with Crippen molar-refractivity contribution in [3.8, 4) is 17.0 Å². The first-order chi connectivity index (χ1) is 19.8. The van der Waals surface area contributed by atoms with Crippen molar-refractivity contribution in [2.24, 2.45) is 0 Å². The molecule has 4 aromatic rings. The van der Waals surface area contributed by atoms with E-state index in [9.17, 15) is 4.79 Å². The molecule has 1 aliphatic heterocycles. The van der Waals surface area contributed by atoms with E-state index in [1.165, 1.54) is 35.0 Å². The van der Waals surface area contributed by atoms with Gasteiger partial charge in [0.25, 0.3) is 5.91 Å². The summed E-state index contributed by atoms with van der Waals surface area (Å²) in [6.07, 6.45) is 5.17. The second-order valence-electron chi connectivity index (χ2n) is 10.9. The minimum Gasteiger partial charge on any atom is -0.494 e. The SMILES string of the molecule is C=C(C)C(=O)Nc1cc(Nc2nccc(-c3c4n(c5ccccc35)CCCC4)n2)c(OC)cc1N(C)CCN(C)C. The second kappa shape index (κ2) is 12.0. The van der Waals surface area contributed by atoms with Gasteiger partial charge in [0.05, 0.1) is 29.9 Å². The Morgan fingerprint density at radius 2 is 1.90 bits per heavy atom. The number of fused-ring (bicyclic) bond motifs is 3. The van der Waals surface area contributed by atoms with E-state index < -0.39 is 0 Å². The molecule has 214 valence electrons. The summed E-state index contributed by atoms with van der Waals surface area (Å²) in [5.74, 6) is 0.823. The molecule has 1 amide bonds. The van der Waals surface area contributed by atoms with Gasteiger partial charge in [-0.1, -0.05) is 24.8 Å². The van der Waals surface area contributed by atoms with Gasteiger partial charge in [-0.25, -0.2) is 9.97 Å². The molecule has 0 atom stereocenters. The molecular formula is C32H39N7O2. The molecule has 41 heavy (non-hydrogen) atoms. The van der Waals surface area contributed by atoms with Gasteiger partial charge >= 0.3 is 0 Å². The summed E-state index contributed by atoms with van der Waals surface area (Å²) in [6, 6.07) is 14.3. The van der Waals surface area contributed by atoms with E-state index in [0.717, 1.165) is 37.4 Å². The lowest BCUT2D eigenvalue weighted by molar-refractivity contribution is -0.112. The number of benzene rings is 2. The van der Waals surface area contributed by atoms with Crippen LogP contribution in [0.3, 0.4) is 0 Å². The summed E-state index contributed by atoms with van der Waals surface area (Å²) in [4.78, 5) is 26.4. The van der Waals surface area contributed by atoms with Gasteiger partial charge in [-0.3, -0.25) is 4.79 Å². The van der Waals surface area contributed by atoms with Crippen LogP contribution in [0.4, 0.5) is 23.0 Å². The summed E-state index contributed by atoms with van der Waals surface area (Å²) in [5, 5.41) is 7.58. The first-order valence-corrected chi connectivity index (χ1v) is 14.0. The number of likely N-dealkylation sites (N-methyl/N-ethyl adjacent to an activating group) is 2. The van der Waals surface area contributed by atoms with Crippen LogP contribution in [-0.4, -0.2) is 66.7 Å². The number of nitrogens with one attached hydrogen (secondary N) is 2. The number of amides is 1. The van der Waals surface area contributed by atoms with E-state index in [2.05, 4.69) is 60.8 Å². The highest BCUT2D eigenvalue weighted by Gasteiger charge is 2.22. The van der Waals surface area contributed by atoms with Crippen LogP contribution in [0.15, 0.2) is 60.8 Å². The molecule has 0 fully saturated rings. The van der Waals surface area contributed by atoms with Crippen LogP contribution in [0.1, 0.15) is 25.5 Å². The van der Waals surface area contributed by atoms with Crippen LogP contribution < -0.4 is 20.3 Å². The van der Waals surface area contributed by atoms with Crippen molar-refractivity contribution in [1.29, 1.82) is 0 Å². The van der Waals surface area contributed by atoms with Crippen molar-refractivity contribution < 1.29 is 9.53 Å². The first-order valence-electron chi connectivity index (χ1n) is 14.0. The Bertz CT molecular complexity index is 1590. The molecule has 0 radical (unpaired) electrons. The molecule has 0 aliphatic carbocycles. The third kappa shape index (κ3) is 5.90. The molecule has 1 aliphatic rings. The second-order valence-corrected chi connectivity index (χ2v) is 10.9. The van der Waals surface area contributed by atoms with Gasteiger partial charge < -0.3 is 29.7 Å². The van der Waals surface area contributed by atoms with Crippen LogP contribution in [0, 0.1) is 0 Å². The number of para-hydroxylation sites is 1. The summed E-state index contributed by atoms with van der Waals surface area (Å²) in [7, 11) is 7.70. The van der Waals surface area contributed by atoms with Crippen LogP contribution >= 0.6 is 0 Å². The summed E-state index contributed by atoms with van der Waals surface area (Å²) in [6.45, 7) is 8.13. The van der Waals surface area contributed by atoms with Crippen molar-refractivity contribution in [3.63, 3.8) is 0 Å². The molecule has 0 unspecified atom stereocenters. The molecular weight excluding hydrogens is 514 g/mol. The summed E-state index contributed by atoms with van der Waals surface area (Å²) >= 11 is 0. The number of carbonyl (C=O) groups excluding carboxylic acids is 1. The Kier molecular flexibility index (Phi) is 8.26. The van der Waals surface area contributed by atoms with Gasteiger partial charge in [0, 0.05) is 66.7 Å². The summed E-state index contributed by atoms with van der Waals surface area (Å²) in [5.41, 5.74) is 7.19. The average molecular weight is 554 g/mol. The highest BCUT2D eigenvalue weighted by Crippen LogP contribution is 2.40. The van der Waals surface area contributed by atoms with Crippen LogP contribution in [-0.2, 0) is 17.8 Å². The fourth-order valence-electron chi connectivity index (χ4n) is 5.35. The summed E-state index contributed by atoms with van der Waals surface area (Å²) < 4.78 is 8.23. The Hall–Kier alpha value is -4.37. The van der Waals surface area contributed by atoms with Gasteiger partial charge in [-0.05, 0) is 58.5 Å². The van der Waals surface area contributed by atoms with Crippen molar-refractivity contribution >= 4 is 39.8 Å². The van der Waals surface area contributed by atoms with E-state index >= 15 is 0 Å². The normalized spacial score (nSPS) is 12.7. The molecule has 2 aromatic carbocycles. The number of aromatic nitrogens is 3. The predicted molar refractivity (Wildman–Crippen MR) is 167 cm³/mol. The first kappa shape index (κ1) is 28.2. The minimum absolute atomic E-state index is 0.244. The maximum atomic E-state index is 12.7. The monoisotopic (exact) mass is 553 g/mol. The van der Waals surface area contributed by atoms with E-state index in [-0.39, 0.29) is 5.91 Å². The van der Waals surface area contributed by atoms with Gasteiger partial charge in [0.1, 0.15) is 5.75 Å². The van der Waals surface area contributed by atoms with Crippen LogP contribution in [0.25, 0.3) is 22.2 Å². The maximum Gasteiger partial charge on any atom is 0.250 e. The lowest BCUT2D eigenvalue weighted by atomic mass is 10.0. The lowest BCUT2D eigenvalue weighted by Crippen LogP contribution is -2.29. The van der Waals surface area contributed by atoms with Crippen molar-refractivity contribution in [1.82, 2.24) is 19.4 Å². The number of anilines is 4. The molecule has 0 saturated carbocycles. The van der Waals surface area contributed by atoms with Crippen LogP contribution in [0.2, 0.25) is 0 Å².